The summed E-state index contributed by atoms with van der Waals surface area (Å²) in [5.74, 6) is -4.25. The first-order chi connectivity index (χ1) is 11.8. The number of benzene rings is 2. The summed E-state index contributed by atoms with van der Waals surface area (Å²) in [7, 11) is -3.60. The number of nitrogens with one attached hydrogen (secondary N) is 1. The van der Waals surface area contributed by atoms with Crippen LogP contribution >= 0.6 is 0 Å². The molecule has 0 spiro atoms. The Morgan fingerprint density at radius 1 is 1.08 bits per heavy atom. The molecule has 0 saturated carbocycles. The van der Waals surface area contributed by atoms with Crippen molar-refractivity contribution >= 4 is 27.3 Å². The smallest absolute Gasteiger partial charge is 0.258 e. The number of hydrogen-bond acceptors (Lipinski definition) is 3. The Balaban J connectivity index is 1.90. The first kappa shape index (κ1) is 17.3. The second-order valence-corrected chi connectivity index (χ2v) is 7.48. The van der Waals surface area contributed by atoms with E-state index in [1.165, 1.54) is 12.1 Å². The number of carbonyl (C=O) groups is 1. The van der Waals surface area contributed by atoms with Crippen molar-refractivity contribution in [3.8, 4) is 0 Å². The second kappa shape index (κ2) is 6.40. The van der Waals surface area contributed by atoms with Crippen LogP contribution in [0.5, 0.6) is 0 Å². The first-order valence-electron chi connectivity index (χ1n) is 7.35. The van der Waals surface area contributed by atoms with Gasteiger partial charge in [-0.2, -0.15) is 0 Å². The van der Waals surface area contributed by atoms with E-state index < -0.39 is 38.9 Å². The Kier molecular flexibility index (Phi) is 4.42. The summed E-state index contributed by atoms with van der Waals surface area (Å²) >= 11 is 0. The highest BCUT2D eigenvalue weighted by Crippen LogP contribution is 2.29. The number of hydrogen-bond donors (Lipinski definition) is 1. The summed E-state index contributed by atoms with van der Waals surface area (Å²) in [6.45, 7) is 0.134. The molecule has 0 radical (unpaired) electrons. The van der Waals surface area contributed by atoms with Gasteiger partial charge in [0.1, 0.15) is 5.82 Å². The molecule has 132 valence electrons. The van der Waals surface area contributed by atoms with Gasteiger partial charge in [-0.1, -0.05) is 6.07 Å². The van der Waals surface area contributed by atoms with Gasteiger partial charge in [-0.05, 0) is 36.8 Å². The van der Waals surface area contributed by atoms with Gasteiger partial charge in [-0.15, -0.1) is 0 Å². The Morgan fingerprint density at radius 2 is 1.84 bits per heavy atom. The molecule has 2 aromatic rings. The average molecular weight is 370 g/mol. The fourth-order valence-electron chi connectivity index (χ4n) is 2.57. The van der Waals surface area contributed by atoms with Crippen molar-refractivity contribution in [3.63, 3.8) is 0 Å². The lowest BCUT2D eigenvalue weighted by atomic mass is 10.2. The molecular formula is C16H13F3N2O3S. The summed E-state index contributed by atoms with van der Waals surface area (Å²) in [5.41, 5.74) is -0.651. The minimum absolute atomic E-state index is 0.0622. The monoisotopic (exact) mass is 370 g/mol. The van der Waals surface area contributed by atoms with E-state index >= 15 is 0 Å². The molecule has 2 aromatic carbocycles. The molecule has 1 saturated heterocycles. The van der Waals surface area contributed by atoms with Crippen molar-refractivity contribution in [3.05, 3.63) is 59.4 Å². The molecule has 1 fully saturated rings. The highest BCUT2D eigenvalue weighted by molar-refractivity contribution is 7.93. The summed E-state index contributed by atoms with van der Waals surface area (Å²) in [4.78, 5) is 12.1. The molecule has 0 aromatic heterocycles. The van der Waals surface area contributed by atoms with E-state index in [1.807, 2.05) is 0 Å². The van der Waals surface area contributed by atoms with Crippen molar-refractivity contribution in [1.29, 1.82) is 0 Å². The molecule has 0 atom stereocenters. The van der Waals surface area contributed by atoms with Crippen molar-refractivity contribution in [2.45, 2.75) is 6.42 Å². The predicted octanol–water partition coefficient (Wildman–Crippen LogP) is 2.90. The lowest BCUT2D eigenvalue weighted by Gasteiger charge is -2.18. The molecule has 5 nitrogen and oxygen atoms in total. The maximum Gasteiger partial charge on any atom is 0.258 e. The minimum Gasteiger partial charge on any atom is -0.322 e. The topological polar surface area (TPSA) is 66.5 Å². The van der Waals surface area contributed by atoms with E-state index in [9.17, 15) is 26.4 Å². The van der Waals surface area contributed by atoms with Gasteiger partial charge in [0.25, 0.3) is 5.91 Å². The Morgan fingerprint density at radius 3 is 2.52 bits per heavy atom. The molecular weight excluding hydrogens is 357 g/mol. The van der Waals surface area contributed by atoms with E-state index in [0.717, 1.165) is 28.6 Å². The van der Waals surface area contributed by atoms with Crippen LogP contribution < -0.4 is 9.62 Å². The molecule has 1 aliphatic heterocycles. The van der Waals surface area contributed by atoms with Crippen LogP contribution in [0.3, 0.4) is 0 Å². The van der Waals surface area contributed by atoms with Crippen molar-refractivity contribution in [2.24, 2.45) is 0 Å². The zero-order chi connectivity index (χ0) is 18.2. The molecule has 0 unspecified atom stereocenters. The number of sulfonamides is 1. The molecule has 1 amide bonds. The predicted molar refractivity (Wildman–Crippen MR) is 86.5 cm³/mol. The van der Waals surface area contributed by atoms with Crippen LogP contribution in [0, 0.1) is 17.5 Å². The summed E-state index contributed by atoms with van der Waals surface area (Å²) in [5, 5.41) is 2.31. The third-order valence-electron chi connectivity index (χ3n) is 3.77. The van der Waals surface area contributed by atoms with E-state index in [2.05, 4.69) is 5.32 Å². The second-order valence-electron chi connectivity index (χ2n) is 5.46. The summed E-state index contributed by atoms with van der Waals surface area (Å²) in [6, 6.07) is 6.51. The van der Waals surface area contributed by atoms with E-state index in [4.69, 9.17) is 0 Å². The van der Waals surface area contributed by atoms with Gasteiger partial charge in [0.2, 0.25) is 10.0 Å². The molecule has 1 heterocycles. The minimum atomic E-state index is -3.60. The molecule has 25 heavy (non-hydrogen) atoms. The summed E-state index contributed by atoms with van der Waals surface area (Å²) < 4.78 is 65.7. The van der Waals surface area contributed by atoms with Gasteiger partial charge in [0.05, 0.1) is 17.0 Å². The van der Waals surface area contributed by atoms with Crippen molar-refractivity contribution < 1.29 is 26.4 Å². The molecule has 0 aliphatic carbocycles. The first-order valence-corrected chi connectivity index (χ1v) is 8.96. The zero-order valence-electron chi connectivity index (χ0n) is 12.8. The number of halogens is 3. The van der Waals surface area contributed by atoms with Crippen molar-refractivity contribution in [2.75, 3.05) is 21.9 Å². The fraction of sp³-hybridized carbons (Fsp3) is 0.188. The highest BCUT2D eigenvalue weighted by Gasteiger charge is 2.30. The van der Waals surface area contributed by atoms with Crippen LogP contribution in [0.1, 0.15) is 16.8 Å². The molecule has 9 heteroatoms. The number of nitrogens with zero attached hydrogens (tertiary/aromatic N) is 1. The van der Waals surface area contributed by atoms with Gasteiger partial charge in [0.15, 0.2) is 11.6 Å². The lowest BCUT2D eigenvalue weighted by Crippen LogP contribution is -2.26. The van der Waals surface area contributed by atoms with Crippen LogP contribution in [0.15, 0.2) is 36.4 Å². The van der Waals surface area contributed by atoms with Gasteiger partial charge in [-0.25, -0.2) is 21.6 Å². The Hall–Kier alpha value is -2.55. The molecule has 0 bridgehead atoms. The fourth-order valence-corrected chi connectivity index (χ4v) is 4.13. The van der Waals surface area contributed by atoms with Crippen LogP contribution in [-0.2, 0) is 10.0 Å². The number of anilines is 2. The van der Waals surface area contributed by atoms with Crippen LogP contribution in [-0.4, -0.2) is 26.6 Å². The largest absolute Gasteiger partial charge is 0.322 e. The number of rotatable bonds is 3. The van der Waals surface area contributed by atoms with Crippen LogP contribution in [0.2, 0.25) is 0 Å². The van der Waals surface area contributed by atoms with Gasteiger partial charge in [0, 0.05) is 12.2 Å². The van der Waals surface area contributed by atoms with E-state index in [1.54, 1.807) is 0 Å². The standard InChI is InChI=1S/C16H13F3N2O3S/c17-12-6-5-10(9-14(12)21-7-2-8-25(21,23)24)20-16(22)11-3-1-4-13(18)15(11)19/h1,3-6,9H,2,7-8H2,(H,20,22). The van der Waals surface area contributed by atoms with E-state index in [-0.39, 0.29) is 23.7 Å². The van der Waals surface area contributed by atoms with Crippen LogP contribution in [0.4, 0.5) is 24.5 Å². The maximum atomic E-state index is 14.0. The molecule has 1 N–H and O–H groups in total. The van der Waals surface area contributed by atoms with E-state index in [0.29, 0.717) is 6.42 Å². The Labute approximate surface area is 142 Å². The Bertz CT molecular complexity index is 948. The van der Waals surface area contributed by atoms with Gasteiger partial charge < -0.3 is 5.32 Å². The van der Waals surface area contributed by atoms with Gasteiger partial charge >= 0.3 is 0 Å². The van der Waals surface area contributed by atoms with Crippen LogP contribution in [0.25, 0.3) is 0 Å². The molecule has 3 rings (SSSR count). The number of amides is 1. The molecule has 1 aliphatic rings. The number of carbonyl (C=O) groups excluding carboxylic acids is 1. The summed E-state index contributed by atoms with van der Waals surface area (Å²) in [6.07, 6.45) is 0.368. The maximum absolute atomic E-state index is 14.0. The third kappa shape index (κ3) is 3.32. The normalized spacial score (nSPS) is 16.0. The third-order valence-corrected chi connectivity index (χ3v) is 5.62. The zero-order valence-corrected chi connectivity index (χ0v) is 13.6. The average Bonchev–Trinajstić information content (AvgIpc) is 2.91. The SMILES string of the molecule is O=C(Nc1ccc(F)c(N2CCCS2(=O)=O)c1)c1cccc(F)c1F. The highest BCUT2D eigenvalue weighted by atomic mass is 32.2. The lowest BCUT2D eigenvalue weighted by molar-refractivity contribution is 0.102. The van der Waals surface area contributed by atoms with Gasteiger partial charge in [-0.3, -0.25) is 9.10 Å². The quantitative estimate of drug-likeness (QED) is 0.904. The van der Waals surface area contributed by atoms with Crippen molar-refractivity contribution in [1.82, 2.24) is 0 Å².